The van der Waals surface area contributed by atoms with E-state index in [2.05, 4.69) is 9.97 Å². The first kappa shape index (κ1) is 28.5. The van der Waals surface area contributed by atoms with E-state index in [0.717, 1.165) is 15.6 Å². The van der Waals surface area contributed by atoms with Gasteiger partial charge in [0.05, 0.1) is 28.2 Å². The summed E-state index contributed by atoms with van der Waals surface area (Å²) in [6.45, 7) is 2.68. The maximum Gasteiger partial charge on any atom is 0.430 e. The lowest BCUT2D eigenvalue weighted by molar-refractivity contribution is -0.376. The molecule has 2 aromatic carbocycles. The van der Waals surface area contributed by atoms with E-state index < -0.39 is 29.1 Å². The fourth-order valence-electron chi connectivity index (χ4n) is 4.09. The number of fused-ring (bicyclic) bond motifs is 1. The van der Waals surface area contributed by atoms with Crippen LogP contribution in [0.4, 0.5) is 26.3 Å². The Morgan fingerprint density at radius 2 is 1.72 bits per heavy atom. The Balaban J connectivity index is 1.95. The fourth-order valence-corrected chi connectivity index (χ4v) is 4.88. The van der Waals surface area contributed by atoms with E-state index in [0.29, 0.717) is 17.0 Å². The first-order chi connectivity index (χ1) is 18.2. The SMILES string of the molecule is Cc1ncc(Cc2nc3ccc(OCCO)cc3c(=O)n2-c2ccc(C(O)(C(F)(F)F)C(F)(F)F)cc2C)s1. The Morgan fingerprint density at radius 3 is 2.28 bits per heavy atom. The van der Waals surface area contributed by atoms with Crippen molar-refractivity contribution in [1.29, 1.82) is 0 Å². The van der Waals surface area contributed by atoms with Gasteiger partial charge in [-0.2, -0.15) is 26.3 Å². The van der Waals surface area contributed by atoms with Gasteiger partial charge in [0.25, 0.3) is 11.2 Å². The van der Waals surface area contributed by atoms with Crippen LogP contribution in [0.5, 0.6) is 5.75 Å². The molecule has 4 aromatic rings. The molecule has 2 N–H and O–H groups in total. The number of alkyl halides is 6. The lowest BCUT2D eigenvalue weighted by atomic mass is 9.90. The summed E-state index contributed by atoms with van der Waals surface area (Å²) in [6, 6.07) is 6.40. The Morgan fingerprint density at radius 1 is 1.03 bits per heavy atom. The van der Waals surface area contributed by atoms with Crippen LogP contribution in [0.1, 0.15) is 26.8 Å². The monoisotopic (exact) mass is 573 g/mol. The number of aryl methyl sites for hydroxylation is 2. The number of aliphatic hydroxyl groups excluding tert-OH is 1. The predicted octanol–water partition coefficient (Wildman–Crippen LogP) is 4.73. The highest BCUT2D eigenvalue weighted by atomic mass is 32.1. The van der Waals surface area contributed by atoms with Gasteiger partial charge in [0, 0.05) is 23.1 Å². The number of hydrogen-bond donors (Lipinski definition) is 2. The summed E-state index contributed by atoms with van der Waals surface area (Å²) in [6.07, 6.45) is -10.4. The molecule has 14 heteroatoms. The van der Waals surface area contributed by atoms with Crippen LogP contribution >= 0.6 is 11.3 Å². The highest BCUT2D eigenvalue weighted by Crippen LogP contribution is 2.50. The number of thiazole rings is 1. The zero-order chi connectivity index (χ0) is 28.8. The van der Waals surface area contributed by atoms with Crippen LogP contribution in [0.2, 0.25) is 0 Å². The smallest absolute Gasteiger partial charge is 0.430 e. The Labute approximate surface area is 221 Å². The van der Waals surface area contributed by atoms with E-state index in [1.165, 1.54) is 30.4 Å². The van der Waals surface area contributed by atoms with Gasteiger partial charge in [0.15, 0.2) is 0 Å². The molecule has 0 aliphatic rings. The molecular weight excluding hydrogens is 552 g/mol. The molecule has 0 aliphatic carbocycles. The Kier molecular flexibility index (Phi) is 7.49. The lowest BCUT2D eigenvalue weighted by Crippen LogP contribution is -2.54. The molecule has 0 radical (unpaired) electrons. The first-order valence-corrected chi connectivity index (χ1v) is 12.2. The van der Waals surface area contributed by atoms with E-state index in [4.69, 9.17) is 9.84 Å². The zero-order valence-electron chi connectivity index (χ0n) is 20.4. The molecule has 0 unspecified atom stereocenters. The van der Waals surface area contributed by atoms with E-state index >= 15 is 0 Å². The number of nitrogens with zero attached hydrogens (tertiary/aromatic N) is 3. The van der Waals surface area contributed by atoms with E-state index in [1.54, 1.807) is 19.2 Å². The maximum absolute atomic E-state index is 13.7. The standard InChI is InChI=1S/C25H21F6N3O4S/c1-13-9-15(23(37,24(26,27)28)25(29,30)31)3-6-20(13)34-21(11-17-12-32-14(2)39-17)33-19-5-4-16(38-8-7-35)10-18(19)22(34)36/h3-6,9-10,12,35,37H,7-8,11H2,1-2H3. The molecule has 0 fully saturated rings. The molecule has 2 heterocycles. The van der Waals surface area contributed by atoms with Gasteiger partial charge in [0.2, 0.25) is 0 Å². The Bertz CT molecular complexity index is 1570. The highest BCUT2D eigenvalue weighted by molar-refractivity contribution is 7.11. The Hall–Kier alpha value is -3.49. The first-order valence-electron chi connectivity index (χ1n) is 11.4. The van der Waals surface area contributed by atoms with Crippen molar-refractivity contribution in [3.63, 3.8) is 0 Å². The molecule has 4 rings (SSSR count). The highest BCUT2D eigenvalue weighted by Gasteiger charge is 2.71. The molecule has 2 aromatic heterocycles. The van der Waals surface area contributed by atoms with Crippen molar-refractivity contribution >= 4 is 22.2 Å². The summed E-state index contributed by atoms with van der Waals surface area (Å²) in [7, 11) is 0. The quantitative estimate of drug-likeness (QED) is 0.311. The van der Waals surface area contributed by atoms with Crippen molar-refractivity contribution in [1.82, 2.24) is 14.5 Å². The average Bonchev–Trinajstić information content (AvgIpc) is 3.26. The third kappa shape index (κ3) is 5.23. The number of benzene rings is 2. The van der Waals surface area contributed by atoms with Crippen molar-refractivity contribution in [3.8, 4) is 11.4 Å². The van der Waals surface area contributed by atoms with Gasteiger partial charge in [-0.15, -0.1) is 11.3 Å². The third-order valence-electron chi connectivity index (χ3n) is 5.95. The molecule has 0 atom stereocenters. The van der Waals surface area contributed by atoms with E-state index in [-0.39, 0.29) is 53.4 Å². The minimum Gasteiger partial charge on any atom is -0.491 e. The van der Waals surface area contributed by atoms with Crippen molar-refractivity contribution in [2.24, 2.45) is 0 Å². The normalized spacial score (nSPS) is 12.8. The number of halogens is 6. The topological polar surface area (TPSA) is 97.5 Å². The van der Waals surface area contributed by atoms with Gasteiger partial charge < -0.3 is 14.9 Å². The second kappa shape index (κ2) is 10.2. The van der Waals surface area contributed by atoms with Gasteiger partial charge in [-0.3, -0.25) is 9.36 Å². The average molecular weight is 574 g/mol. The van der Waals surface area contributed by atoms with Crippen LogP contribution in [0.25, 0.3) is 16.6 Å². The molecule has 0 spiro atoms. The molecule has 39 heavy (non-hydrogen) atoms. The van der Waals surface area contributed by atoms with E-state index in [9.17, 15) is 36.2 Å². The van der Waals surface area contributed by atoms with Gasteiger partial charge in [0.1, 0.15) is 18.2 Å². The van der Waals surface area contributed by atoms with Crippen molar-refractivity contribution < 1.29 is 41.3 Å². The summed E-state index contributed by atoms with van der Waals surface area (Å²) in [5, 5.41) is 19.6. The molecule has 0 saturated heterocycles. The van der Waals surface area contributed by atoms with Crippen LogP contribution < -0.4 is 10.3 Å². The van der Waals surface area contributed by atoms with Gasteiger partial charge in [-0.25, -0.2) is 9.97 Å². The number of ether oxygens (including phenoxy) is 1. The lowest BCUT2D eigenvalue weighted by Gasteiger charge is -2.33. The summed E-state index contributed by atoms with van der Waals surface area (Å²) in [5.41, 5.74) is -7.09. The number of rotatable bonds is 7. The van der Waals surface area contributed by atoms with Crippen molar-refractivity contribution in [2.45, 2.75) is 38.2 Å². The number of aliphatic hydroxyl groups is 2. The second-order valence-corrected chi connectivity index (χ2v) is 9.97. The summed E-state index contributed by atoms with van der Waals surface area (Å²) in [4.78, 5) is 23.2. The van der Waals surface area contributed by atoms with Crippen LogP contribution in [0.15, 0.2) is 47.4 Å². The van der Waals surface area contributed by atoms with Gasteiger partial charge in [-0.1, -0.05) is 12.1 Å². The second-order valence-electron chi connectivity index (χ2n) is 8.65. The molecule has 0 bridgehead atoms. The van der Waals surface area contributed by atoms with Crippen LogP contribution in [0, 0.1) is 13.8 Å². The van der Waals surface area contributed by atoms with Crippen LogP contribution in [-0.4, -0.2) is 50.3 Å². The molecule has 0 saturated carbocycles. The largest absolute Gasteiger partial charge is 0.491 e. The maximum atomic E-state index is 13.7. The van der Waals surface area contributed by atoms with Crippen molar-refractivity contribution in [2.75, 3.05) is 13.2 Å². The van der Waals surface area contributed by atoms with Crippen LogP contribution in [-0.2, 0) is 12.0 Å². The van der Waals surface area contributed by atoms with Crippen molar-refractivity contribution in [3.05, 3.63) is 79.8 Å². The molecule has 0 aliphatic heterocycles. The van der Waals surface area contributed by atoms with Crippen LogP contribution in [0.3, 0.4) is 0 Å². The predicted molar refractivity (Wildman–Crippen MR) is 130 cm³/mol. The fraction of sp³-hybridized carbons (Fsp3) is 0.320. The minimum absolute atomic E-state index is 0.0252. The molecular formula is C25H21F6N3O4S. The zero-order valence-corrected chi connectivity index (χ0v) is 21.2. The summed E-state index contributed by atoms with van der Waals surface area (Å²) < 4.78 is 87.1. The third-order valence-corrected chi connectivity index (χ3v) is 6.86. The van der Waals surface area contributed by atoms with Gasteiger partial charge in [-0.05, 0) is 43.7 Å². The summed E-state index contributed by atoms with van der Waals surface area (Å²) >= 11 is 1.33. The summed E-state index contributed by atoms with van der Waals surface area (Å²) in [5.74, 6) is 0.415. The van der Waals surface area contributed by atoms with Gasteiger partial charge >= 0.3 is 12.4 Å². The minimum atomic E-state index is -6.05. The molecule has 208 valence electrons. The molecule has 7 nitrogen and oxygen atoms in total. The molecule has 0 amide bonds. The van der Waals surface area contributed by atoms with E-state index in [1.807, 2.05) is 0 Å². The number of hydrogen-bond acceptors (Lipinski definition) is 7. The number of aromatic nitrogens is 3.